The molecule has 1 aromatic rings. The van der Waals surface area contributed by atoms with Crippen LogP contribution in [-0.4, -0.2) is 48.3 Å². The summed E-state index contributed by atoms with van der Waals surface area (Å²) in [5.74, 6) is 0.146. The number of morpholine rings is 1. The average Bonchev–Trinajstić information content (AvgIpc) is 2.45. The van der Waals surface area contributed by atoms with Crippen molar-refractivity contribution in [1.29, 1.82) is 0 Å². The number of rotatable bonds is 3. The average molecular weight is 295 g/mol. The number of hydrogen-bond acceptors (Lipinski definition) is 7. The van der Waals surface area contributed by atoms with Crippen molar-refractivity contribution in [2.75, 3.05) is 25.1 Å². The smallest absolute Gasteiger partial charge is 0.336 e. The second kappa shape index (κ2) is 6.04. The van der Waals surface area contributed by atoms with Gasteiger partial charge in [-0.1, -0.05) is 0 Å². The summed E-state index contributed by atoms with van der Waals surface area (Å²) in [6, 6.07) is 1.64. The molecule has 8 heteroatoms. The van der Waals surface area contributed by atoms with Gasteiger partial charge in [0.15, 0.2) is 6.10 Å². The second-order valence-corrected chi connectivity index (χ2v) is 4.95. The molecule has 2 atom stereocenters. The molecule has 2 heterocycles. The number of nitrogens with zero attached hydrogens (tertiary/aromatic N) is 3. The molecule has 0 bridgehead atoms. The molecule has 21 heavy (non-hydrogen) atoms. The van der Waals surface area contributed by atoms with Gasteiger partial charge in [-0.25, -0.2) is 9.78 Å². The van der Waals surface area contributed by atoms with Crippen LogP contribution in [0.5, 0.6) is 0 Å². The molecule has 1 aliphatic heterocycles. The number of aromatic nitrogens is 1. The third kappa shape index (κ3) is 3.27. The quantitative estimate of drug-likeness (QED) is 0.467. The fourth-order valence-electron chi connectivity index (χ4n) is 2.30. The van der Waals surface area contributed by atoms with Crippen LogP contribution in [0.2, 0.25) is 0 Å². The maximum absolute atomic E-state index is 11.6. The Morgan fingerprint density at radius 1 is 1.57 bits per heavy atom. The first-order valence-electron chi connectivity index (χ1n) is 6.51. The van der Waals surface area contributed by atoms with E-state index in [-0.39, 0.29) is 11.8 Å². The third-order valence-corrected chi connectivity index (χ3v) is 3.31. The first-order chi connectivity index (χ1) is 9.92. The highest BCUT2D eigenvalue weighted by molar-refractivity contribution is 5.75. The van der Waals surface area contributed by atoms with Gasteiger partial charge in [-0.2, -0.15) is 0 Å². The van der Waals surface area contributed by atoms with Crippen molar-refractivity contribution in [1.82, 2.24) is 4.98 Å². The Morgan fingerprint density at radius 3 is 2.86 bits per heavy atom. The Labute approximate surface area is 121 Å². The first kappa shape index (κ1) is 15.2. The zero-order valence-corrected chi connectivity index (χ0v) is 12.1. The fourth-order valence-corrected chi connectivity index (χ4v) is 2.30. The summed E-state index contributed by atoms with van der Waals surface area (Å²) < 4.78 is 10.2. The molecule has 1 fully saturated rings. The van der Waals surface area contributed by atoms with Crippen LogP contribution >= 0.6 is 0 Å². The predicted molar refractivity (Wildman–Crippen MR) is 74.2 cm³/mol. The molecule has 0 unspecified atom stereocenters. The monoisotopic (exact) mass is 295 g/mol. The first-order valence-corrected chi connectivity index (χ1v) is 6.51. The van der Waals surface area contributed by atoms with Gasteiger partial charge in [0.2, 0.25) is 0 Å². The lowest BCUT2D eigenvalue weighted by Gasteiger charge is -2.36. The maximum Gasteiger partial charge on any atom is 0.336 e. The highest BCUT2D eigenvalue weighted by atomic mass is 16.6. The number of carbonyl (C=O) groups is 1. The molecule has 0 spiro atoms. The molecular weight excluding hydrogens is 278 g/mol. The minimum absolute atomic E-state index is 0.0235. The number of anilines is 1. The van der Waals surface area contributed by atoms with E-state index in [0.29, 0.717) is 24.5 Å². The summed E-state index contributed by atoms with van der Waals surface area (Å²) in [6.07, 6.45) is 0.383. The second-order valence-electron chi connectivity index (χ2n) is 4.95. The van der Waals surface area contributed by atoms with Gasteiger partial charge in [-0.3, -0.25) is 10.1 Å². The Kier molecular flexibility index (Phi) is 4.37. The lowest BCUT2D eigenvalue weighted by Crippen LogP contribution is -2.50. The third-order valence-electron chi connectivity index (χ3n) is 3.31. The van der Waals surface area contributed by atoms with Crippen molar-refractivity contribution in [2.45, 2.75) is 26.1 Å². The van der Waals surface area contributed by atoms with E-state index in [0.717, 1.165) is 0 Å². The molecule has 0 saturated carbocycles. The summed E-state index contributed by atoms with van der Waals surface area (Å²) in [5, 5.41) is 10.8. The zero-order chi connectivity index (χ0) is 15.6. The topological polar surface area (TPSA) is 94.8 Å². The number of hydrogen-bond donors (Lipinski definition) is 0. The molecule has 0 amide bonds. The van der Waals surface area contributed by atoms with Crippen molar-refractivity contribution in [3.63, 3.8) is 0 Å². The van der Waals surface area contributed by atoms with Crippen LogP contribution in [0.25, 0.3) is 0 Å². The van der Waals surface area contributed by atoms with Gasteiger partial charge >= 0.3 is 5.97 Å². The van der Waals surface area contributed by atoms with E-state index in [1.165, 1.54) is 13.3 Å². The van der Waals surface area contributed by atoms with Crippen molar-refractivity contribution in [3.05, 3.63) is 27.9 Å². The highest BCUT2D eigenvalue weighted by Gasteiger charge is 2.32. The van der Waals surface area contributed by atoms with Crippen molar-refractivity contribution in [3.8, 4) is 0 Å². The van der Waals surface area contributed by atoms with E-state index in [2.05, 4.69) is 4.98 Å². The van der Waals surface area contributed by atoms with Gasteiger partial charge in [-0.05, 0) is 19.9 Å². The molecule has 0 N–H and O–H groups in total. The molecule has 2 rings (SSSR count). The standard InChI is InChI=1S/C13H17N3O5/c1-8-4-12(14-5-10(8)16(18)19)15-6-9(2)21-11(7-15)13(17)20-3/h4-5,9,11H,6-7H2,1-3H3/t9-,11-/m1/s1. The van der Waals surface area contributed by atoms with Crippen LogP contribution in [0.4, 0.5) is 11.5 Å². The Hall–Kier alpha value is -2.22. The van der Waals surface area contributed by atoms with Gasteiger partial charge in [0.05, 0.1) is 24.7 Å². The van der Waals surface area contributed by atoms with Gasteiger partial charge in [0, 0.05) is 12.1 Å². The van der Waals surface area contributed by atoms with E-state index >= 15 is 0 Å². The molecule has 1 aromatic heterocycles. The summed E-state index contributed by atoms with van der Waals surface area (Å²) in [7, 11) is 1.31. The molecule has 1 saturated heterocycles. The number of carbonyl (C=O) groups excluding carboxylic acids is 1. The summed E-state index contributed by atoms with van der Waals surface area (Å²) in [4.78, 5) is 27.9. The number of aryl methyl sites for hydroxylation is 1. The van der Waals surface area contributed by atoms with Gasteiger partial charge in [-0.15, -0.1) is 0 Å². The van der Waals surface area contributed by atoms with Crippen molar-refractivity contribution >= 4 is 17.5 Å². The van der Waals surface area contributed by atoms with Crippen LogP contribution in [0.1, 0.15) is 12.5 Å². The normalized spacial score (nSPS) is 22.0. The van der Waals surface area contributed by atoms with Crippen LogP contribution in [0, 0.1) is 17.0 Å². The van der Waals surface area contributed by atoms with E-state index in [4.69, 9.17) is 9.47 Å². The molecule has 0 aromatic carbocycles. The van der Waals surface area contributed by atoms with Crippen molar-refractivity contribution < 1.29 is 19.2 Å². The minimum atomic E-state index is -0.684. The lowest BCUT2D eigenvalue weighted by atomic mass is 10.2. The molecule has 0 radical (unpaired) electrons. The van der Waals surface area contributed by atoms with Crippen LogP contribution in [-0.2, 0) is 14.3 Å². The van der Waals surface area contributed by atoms with Gasteiger partial charge < -0.3 is 14.4 Å². The highest BCUT2D eigenvalue weighted by Crippen LogP contribution is 2.24. The SMILES string of the molecule is COC(=O)[C@H]1CN(c2cc(C)c([N+](=O)[O-])cn2)C[C@@H](C)O1. The van der Waals surface area contributed by atoms with E-state index in [1.807, 2.05) is 11.8 Å². The molecular formula is C13H17N3O5. The van der Waals surface area contributed by atoms with Crippen LogP contribution in [0.3, 0.4) is 0 Å². The number of nitro groups is 1. The number of esters is 1. The van der Waals surface area contributed by atoms with Gasteiger partial charge in [0.1, 0.15) is 12.0 Å². The maximum atomic E-state index is 11.6. The Balaban J connectivity index is 2.22. The summed E-state index contributed by atoms with van der Waals surface area (Å²) >= 11 is 0. The van der Waals surface area contributed by atoms with Gasteiger partial charge in [0.25, 0.3) is 5.69 Å². The molecule has 1 aliphatic rings. The van der Waals surface area contributed by atoms with Crippen LogP contribution < -0.4 is 4.90 Å². The predicted octanol–water partition coefficient (Wildman–Crippen LogP) is 1.06. The van der Waals surface area contributed by atoms with E-state index in [9.17, 15) is 14.9 Å². The summed E-state index contributed by atoms with van der Waals surface area (Å²) in [5.41, 5.74) is 0.503. The van der Waals surface area contributed by atoms with Crippen molar-refractivity contribution in [2.24, 2.45) is 0 Å². The number of pyridine rings is 1. The zero-order valence-electron chi connectivity index (χ0n) is 12.1. The Morgan fingerprint density at radius 2 is 2.29 bits per heavy atom. The minimum Gasteiger partial charge on any atom is -0.467 e. The van der Waals surface area contributed by atoms with E-state index < -0.39 is 17.0 Å². The van der Waals surface area contributed by atoms with E-state index in [1.54, 1.807) is 13.0 Å². The largest absolute Gasteiger partial charge is 0.467 e. The lowest BCUT2D eigenvalue weighted by molar-refractivity contribution is -0.385. The number of methoxy groups -OCH3 is 1. The molecule has 0 aliphatic carbocycles. The molecule has 8 nitrogen and oxygen atoms in total. The summed E-state index contributed by atoms with van der Waals surface area (Å²) in [6.45, 7) is 4.37. The fraction of sp³-hybridized carbons (Fsp3) is 0.538. The number of ether oxygens (including phenoxy) is 2. The Bertz CT molecular complexity index is 563. The molecule has 114 valence electrons. The van der Waals surface area contributed by atoms with Crippen LogP contribution in [0.15, 0.2) is 12.3 Å².